The highest BCUT2D eigenvalue weighted by Gasteiger charge is 2.06. The van der Waals surface area contributed by atoms with E-state index >= 15 is 0 Å². The van der Waals surface area contributed by atoms with Gasteiger partial charge in [0.25, 0.3) is 0 Å². The van der Waals surface area contributed by atoms with Gasteiger partial charge in [0, 0.05) is 18.2 Å². The van der Waals surface area contributed by atoms with Crippen molar-refractivity contribution in [2.75, 3.05) is 0 Å². The predicted octanol–water partition coefficient (Wildman–Crippen LogP) is 2.84. The average Bonchev–Trinajstić information content (AvgIpc) is 2.37. The normalized spacial score (nSPS) is 10.8. The van der Waals surface area contributed by atoms with E-state index in [4.69, 9.17) is 5.73 Å². The Morgan fingerprint density at radius 2 is 1.94 bits per heavy atom. The predicted molar refractivity (Wildman–Crippen MR) is 75.4 cm³/mol. The molecule has 1 rings (SSSR count). The van der Waals surface area contributed by atoms with Gasteiger partial charge in [-0.05, 0) is 30.5 Å². The zero-order valence-electron chi connectivity index (χ0n) is 11.4. The Labute approximate surface area is 110 Å². The molecule has 0 saturated heterocycles. The fourth-order valence-corrected chi connectivity index (χ4v) is 2.14. The van der Waals surface area contributed by atoms with Crippen LogP contribution in [0.1, 0.15) is 55.5 Å². The molecule has 3 heteroatoms. The van der Waals surface area contributed by atoms with Crippen LogP contribution >= 0.6 is 0 Å². The first kappa shape index (κ1) is 14.7. The van der Waals surface area contributed by atoms with Gasteiger partial charge in [0.05, 0.1) is 0 Å². The van der Waals surface area contributed by atoms with Crippen molar-refractivity contribution in [1.82, 2.24) is 5.32 Å². The summed E-state index contributed by atoms with van der Waals surface area (Å²) in [4.78, 5) is 11.1. The Hall–Kier alpha value is -1.35. The van der Waals surface area contributed by atoms with E-state index in [0.29, 0.717) is 11.6 Å². The van der Waals surface area contributed by atoms with Crippen LogP contribution in [0.2, 0.25) is 0 Å². The van der Waals surface area contributed by atoms with Crippen LogP contribution in [-0.4, -0.2) is 11.9 Å². The minimum Gasteiger partial charge on any atom is -0.366 e. The van der Waals surface area contributed by atoms with Gasteiger partial charge in [0.2, 0.25) is 5.91 Å². The molecule has 3 N–H and O–H groups in total. The second-order valence-electron chi connectivity index (χ2n) is 4.72. The lowest BCUT2D eigenvalue weighted by molar-refractivity contribution is 0.1000. The Morgan fingerprint density at radius 3 is 2.50 bits per heavy atom. The molecule has 0 aromatic heterocycles. The van der Waals surface area contributed by atoms with E-state index in [1.807, 2.05) is 18.2 Å². The van der Waals surface area contributed by atoms with Crippen molar-refractivity contribution in [3.8, 4) is 0 Å². The van der Waals surface area contributed by atoms with Crippen molar-refractivity contribution in [1.29, 1.82) is 0 Å². The van der Waals surface area contributed by atoms with Crippen LogP contribution in [0.4, 0.5) is 0 Å². The monoisotopic (exact) mass is 248 g/mol. The van der Waals surface area contributed by atoms with Crippen LogP contribution in [0.15, 0.2) is 24.3 Å². The summed E-state index contributed by atoms with van der Waals surface area (Å²) >= 11 is 0. The van der Waals surface area contributed by atoms with E-state index in [0.717, 1.165) is 12.1 Å². The number of nitrogens with two attached hydrogens (primary N) is 1. The Balaban J connectivity index is 2.55. The molecule has 1 aromatic carbocycles. The first-order valence-corrected chi connectivity index (χ1v) is 6.79. The Bertz CT molecular complexity index is 371. The van der Waals surface area contributed by atoms with Gasteiger partial charge in [-0.2, -0.15) is 0 Å². The van der Waals surface area contributed by atoms with Gasteiger partial charge in [0.1, 0.15) is 0 Å². The molecule has 1 amide bonds. The molecule has 0 saturated carbocycles. The second-order valence-corrected chi connectivity index (χ2v) is 4.72. The van der Waals surface area contributed by atoms with Gasteiger partial charge in [-0.15, -0.1) is 0 Å². The molecular weight excluding hydrogens is 224 g/mol. The standard InChI is InChI=1S/C15H24N2O/c1-3-6-14(7-4-2)17-11-12-8-5-9-13(10-12)15(16)18/h5,8-10,14,17H,3-4,6-7,11H2,1-2H3,(H2,16,18). The highest BCUT2D eigenvalue weighted by atomic mass is 16.1. The van der Waals surface area contributed by atoms with Crippen LogP contribution in [0.25, 0.3) is 0 Å². The second kappa shape index (κ2) is 7.88. The zero-order valence-corrected chi connectivity index (χ0v) is 11.4. The number of primary amides is 1. The largest absolute Gasteiger partial charge is 0.366 e. The number of nitrogens with one attached hydrogen (secondary N) is 1. The maximum atomic E-state index is 11.1. The van der Waals surface area contributed by atoms with Crippen LogP contribution in [0.5, 0.6) is 0 Å². The van der Waals surface area contributed by atoms with Gasteiger partial charge in [-0.1, -0.05) is 38.8 Å². The molecule has 0 fully saturated rings. The highest BCUT2D eigenvalue weighted by molar-refractivity contribution is 5.92. The molecule has 3 nitrogen and oxygen atoms in total. The number of rotatable bonds is 8. The molecule has 0 aliphatic rings. The van der Waals surface area contributed by atoms with Crippen molar-refractivity contribution < 1.29 is 4.79 Å². The third-order valence-corrected chi connectivity index (χ3v) is 3.08. The van der Waals surface area contributed by atoms with Crippen LogP contribution in [-0.2, 0) is 6.54 Å². The molecule has 0 spiro atoms. The molecule has 0 heterocycles. The molecule has 1 aromatic rings. The lowest BCUT2D eigenvalue weighted by Gasteiger charge is -2.17. The number of carbonyl (C=O) groups excluding carboxylic acids is 1. The minimum absolute atomic E-state index is 0.365. The lowest BCUT2D eigenvalue weighted by Crippen LogP contribution is -2.28. The molecule has 100 valence electrons. The first-order valence-electron chi connectivity index (χ1n) is 6.79. The molecule has 0 aliphatic heterocycles. The summed E-state index contributed by atoms with van der Waals surface area (Å²) < 4.78 is 0. The zero-order chi connectivity index (χ0) is 13.4. The number of amides is 1. The molecule has 0 unspecified atom stereocenters. The van der Waals surface area contributed by atoms with E-state index in [-0.39, 0.29) is 5.91 Å². The number of benzene rings is 1. The van der Waals surface area contributed by atoms with Gasteiger partial charge >= 0.3 is 0 Å². The maximum Gasteiger partial charge on any atom is 0.248 e. The van der Waals surface area contributed by atoms with Crippen molar-refractivity contribution >= 4 is 5.91 Å². The summed E-state index contributed by atoms with van der Waals surface area (Å²) in [6, 6.07) is 8.09. The van der Waals surface area contributed by atoms with Crippen molar-refractivity contribution in [2.45, 2.75) is 52.1 Å². The summed E-state index contributed by atoms with van der Waals surface area (Å²) in [5, 5.41) is 3.55. The summed E-state index contributed by atoms with van der Waals surface area (Å²) in [6.45, 7) is 5.21. The van der Waals surface area contributed by atoms with E-state index in [2.05, 4.69) is 19.2 Å². The summed E-state index contributed by atoms with van der Waals surface area (Å²) in [5.74, 6) is -0.365. The summed E-state index contributed by atoms with van der Waals surface area (Å²) in [7, 11) is 0. The maximum absolute atomic E-state index is 11.1. The smallest absolute Gasteiger partial charge is 0.248 e. The van der Waals surface area contributed by atoms with E-state index in [9.17, 15) is 4.79 Å². The highest BCUT2D eigenvalue weighted by Crippen LogP contribution is 2.08. The number of carbonyl (C=O) groups is 1. The quantitative estimate of drug-likeness (QED) is 0.743. The first-order chi connectivity index (χ1) is 8.67. The average molecular weight is 248 g/mol. The van der Waals surface area contributed by atoms with Crippen molar-refractivity contribution in [2.24, 2.45) is 5.73 Å². The van der Waals surface area contributed by atoms with Crippen LogP contribution < -0.4 is 11.1 Å². The third kappa shape index (κ3) is 4.88. The minimum atomic E-state index is -0.365. The van der Waals surface area contributed by atoms with Gasteiger partial charge in [-0.3, -0.25) is 4.79 Å². The molecule has 0 aliphatic carbocycles. The summed E-state index contributed by atoms with van der Waals surface area (Å²) in [5.41, 5.74) is 6.97. The molecule has 0 bridgehead atoms. The fourth-order valence-electron chi connectivity index (χ4n) is 2.14. The van der Waals surface area contributed by atoms with Gasteiger partial charge < -0.3 is 11.1 Å². The SMILES string of the molecule is CCCC(CCC)NCc1cccc(C(N)=O)c1. The van der Waals surface area contributed by atoms with E-state index < -0.39 is 0 Å². The molecule has 18 heavy (non-hydrogen) atoms. The molecule has 0 atom stereocenters. The molecular formula is C15H24N2O. The van der Waals surface area contributed by atoms with Gasteiger partial charge in [-0.25, -0.2) is 0 Å². The fraction of sp³-hybridized carbons (Fsp3) is 0.533. The van der Waals surface area contributed by atoms with Crippen molar-refractivity contribution in [3.05, 3.63) is 35.4 Å². The topological polar surface area (TPSA) is 55.1 Å². The van der Waals surface area contributed by atoms with E-state index in [1.54, 1.807) is 6.07 Å². The molecule has 0 radical (unpaired) electrons. The lowest BCUT2D eigenvalue weighted by atomic mass is 10.1. The van der Waals surface area contributed by atoms with Crippen molar-refractivity contribution in [3.63, 3.8) is 0 Å². The van der Waals surface area contributed by atoms with Crippen LogP contribution in [0.3, 0.4) is 0 Å². The number of hydrogen-bond donors (Lipinski definition) is 2. The summed E-state index contributed by atoms with van der Waals surface area (Å²) in [6.07, 6.45) is 4.78. The van der Waals surface area contributed by atoms with Gasteiger partial charge in [0.15, 0.2) is 0 Å². The number of hydrogen-bond acceptors (Lipinski definition) is 2. The Morgan fingerprint density at radius 1 is 1.28 bits per heavy atom. The third-order valence-electron chi connectivity index (χ3n) is 3.08. The van der Waals surface area contributed by atoms with Crippen LogP contribution in [0, 0.1) is 0 Å². The van der Waals surface area contributed by atoms with E-state index in [1.165, 1.54) is 25.7 Å². The Kier molecular flexibility index (Phi) is 6.44.